The highest BCUT2D eigenvalue weighted by Gasteiger charge is 2.31. The van der Waals surface area contributed by atoms with E-state index in [1.807, 2.05) is 6.07 Å². The molecule has 1 aromatic carbocycles. The predicted octanol–water partition coefficient (Wildman–Crippen LogP) is 9.59. The summed E-state index contributed by atoms with van der Waals surface area (Å²) in [6.45, 7) is 4.76. The minimum absolute atomic E-state index is 0. The van der Waals surface area contributed by atoms with Crippen molar-refractivity contribution in [2.75, 3.05) is 0 Å². The Labute approximate surface area is 178 Å². The zero-order chi connectivity index (χ0) is 18.8. The third-order valence-corrected chi connectivity index (χ3v) is 8.45. The molecule has 164 valence electrons. The van der Waals surface area contributed by atoms with Crippen molar-refractivity contribution in [1.82, 2.24) is 0 Å². The van der Waals surface area contributed by atoms with Gasteiger partial charge in [0.25, 0.3) is 0 Å². The van der Waals surface area contributed by atoms with Gasteiger partial charge in [-0.2, -0.15) is 0 Å². The van der Waals surface area contributed by atoms with E-state index in [0.29, 0.717) is 11.8 Å². The first-order chi connectivity index (χ1) is 13.1. The molecule has 3 fully saturated rings. The SMILES string of the molecule is C.CC1CCC(c2ccc(C3CCC(C4CCC(C)CC4)CC3)c(F)c2)CC1.[HH].[HH].[HH]. The molecular weight excluding hydrogens is 343 g/mol. The van der Waals surface area contributed by atoms with Crippen molar-refractivity contribution >= 4 is 0 Å². The molecule has 3 aliphatic rings. The number of hydrogen-bond acceptors (Lipinski definition) is 0. The molecule has 0 radical (unpaired) electrons. The summed E-state index contributed by atoms with van der Waals surface area (Å²) in [5.74, 6) is 4.81. The van der Waals surface area contributed by atoms with Crippen molar-refractivity contribution < 1.29 is 8.67 Å². The van der Waals surface area contributed by atoms with Crippen LogP contribution >= 0.6 is 0 Å². The van der Waals surface area contributed by atoms with Gasteiger partial charge in [0.15, 0.2) is 0 Å². The van der Waals surface area contributed by atoms with Gasteiger partial charge in [0.1, 0.15) is 5.82 Å². The average Bonchev–Trinajstić information content (AvgIpc) is 2.69. The van der Waals surface area contributed by atoms with Crippen molar-refractivity contribution in [1.29, 1.82) is 0 Å². The van der Waals surface area contributed by atoms with E-state index in [1.165, 1.54) is 82.6 Å². The molecule has 0 bridgehead atoms. The van der Waals surface area contributed by atoms with Gasteiger partial charge in [0.05, 0.1) is 0 Å². The van der Waals surface area contributed by atoms with E-state index in [9.17, 15) is 4.39 Å². The Bertz CT molecular complexity index is 611. The van der Waals surface area contributed by atoms with Crippen LogP contribution in [0.4, 0.5) is 4.39 Å². The minimum atomic E-state index is 0. The quantitative estimate of drug-likeness (QED) is 0.480. The highest BCUT2D eigenvalue weighted by atomic mass is 19.1. The van der Waals surface area contributed by atoms with Crippen LogP contribution in [0, 0.1) is 29.5 Å². The van der Waals surface area contributed by atoms with Crippen LogP contribution in [-0.2, 0) is 0 Å². The van der Waals surface area contributed by atoms with Crippen LogP contribution in [0.3, 0.4) is 0 Å². The van der Waals surface area contributed by atoms with E-state index < -0.39 is 0 Å². The van der Waals surface area contributed by atoms with Crippen molar-refractivity contribution in [3.05, 3.63) is 35.1 Å². The van der Waals surface area contributed by atoms with Gasteiger partial charge in [0.2, 0.25) is 0 Å². The summed E-state index contributed by atoms with van der Waals surface area (Å²) in [4.78, 5) is 0. The van der Waals surface area contributed by atoms with E-state index in [0.717, 1.165) is 29.2 Å². The number of halogens is 1. The molecule has 1 aromatic rings. The maximum atomic E-state index is 15.0. The van der Waals surface area contributed by atoms with Crippen LogP contribution in [0.25, 0.3) is 0 Å². The van der Waals surface area contributed by atoms with Gasteiger partial charge < -0.3 is 0 Å². The second kappa shape index (κ2) is 9.77. The lowest BCUT2D eigenvalue weighted by Crippen LogP contribution is -2.25. The Morgan fingerprint density at radius 3 is 1.68 bits per heavy atom. The third-order valence-electron chi connectivity index (χ3n) is 8.45. The fourth-order valence-corrected chi connectivity index (χ4v) is 6.38. The average molecular weight is 393 g/mol. The number of benzene rings is 1. The van der Waals surface area contributed by atoms with E-state index in [2.05, 4.69) is 26.0 Å². The molecule has 0 saturated heterocycles. The lowest BCUT2D eigenvalue weighted by Gasteiger charge is -2.37. The van der Waals surface area contributed by atoms with Crippen molar-refractivity contribution in [3.8, 4) is 0 Å². The second-order valence-corrected chi connectivity index (χ2v) is 10.4. The molecular formula is C27H49F. The molecule has 0 atom stereocenters. The smallest absolute Gasteiger partial charge is 0.126 e. The molecule has 0 N–H and O–H groups in total. The van der Waals surface area contributed by atoms with Crippen LogP contribution in [-0.4, -0.2) is 0 Å². The molecule has 4 rings (SSSR count). The monoisotopic (exact) mass is 392 g/mol. The lowest BCUT2D eigenvalue weighted by atomic mass is 9.68. The van der Waals surface area contributed by atoms with Gasteiger partial charge in [-0.05, 0) is 104 Å². The molecule has 0 spiro atoms. The standard InChI is InChI=1S/C26H39F.CH4.3H2/c1-18-3-7-20(8-4-18)21-11-13-23(14-12-21)25-16-15-24(17-26(25)27)22-9-5-19(2)6-10-22;;;;/h15-23H,3-14H2,1-2H3;1H4;3*1H. The molecule has 0 heterocycles. The van der Waals surface area contributed by atoms with E-state index >= 15 is 0 Å². The van der Waals surface area contributed by atoms with Gasteiger partial charge in [-0.1, -0.05) is 59.1 Å². The van der Waals surface area contributed by atoms with Crippen molar-refractivity contribution in [2.24, 2.45) is 23.7 Å². The fraction of sp³-hybridized carbons (Fsp3) is 0.778. The van der Waals surface area contributed by atoms with Crippen LogP contribution in [0.1, 0.15) is 126 Å². The maximum absolute atomic E-state index is 15.0. The molecule has 0 aromatic heterocycles. The molecule has 0 aliphatic heterocycles. The van der Waals surface area contributed by atoms with Crippen LogP contribution in [0.15, 0.2) is 18.2 Å². The summed E-state index contributed by atoms with van der Waals surface area (Å²) >= 11 is 0. The normalized spacial score (nSPS) is 36.5. The number of hydrogen-bond donors (Lipinski definition) is 0. The first kappa shape index (κ1) is 21.8. The summed E-state index contributed by atoms with van der Waals surface area (Å²) in [5, 5.41) is 0. The fourth-order valence-electron chi connectivity index (χ4n) is 6.38. The number of rotatable bonds is 3. The molecule has 1 heteroatoms. The first-order valence-corrected chi connectivity index (χ1v) is 11.9. The molecule has 28 heavy (non-hydrogen) atoms. The Kier molecular flexibility index (Phi) is 7.62. The topological polar surface area (TPSA) is 0 Å². The van der Waals surface area contributed by atoms with E-state index in [-0.39, 0.29) is 17.5 Å². The summed E-state index contributed by atoms with van der Waals surface area (Å²) in [6, 6.07) is 6.30. The first-order valence-electron chi connectivity index (χ1n) is 11.9. The zero-order valence-corrected chi connectivity index (χ0v) is 17.6. The van der Waals surface area contributed by atoms with Gasteiger partial charge in [-0.25, -0.2) is 4.39 Å². The highest BCUT2D eigenvalue weighted by Crippen LogP contribution is 2.44. The van der Waals surface area contributed by atoms with Crippen LogP contribution < -0.4 is 0 Å². The molecule has 0 unspecified atom stereocenters. The predicted molar refractivity (Wildman–Crippen MR) is 126 cm³/mol. The van der Waals surface area contributed by atoms with Crippen molar-refractivity contribution in [2.45, 2.75) is 110 Å². The Morgan fingerprint density at radius 1 is 0.679 bits per heavy atom. The Morgan fingerprint density at radius 2 is 1.14 bits per heavy atom. The molecule has 0 nitrogen and oxygen atoms in total. The van der Waals surface area contributed by atoms with Gasteiger partial charge in [-0.3, -0.25) is 0 Å². The van der Waals surface area contributed by atoms with Gasteiger partial charge in [0, 0.05) is 4.28 Å². The third kappa shape index (κ3) is 5.00. The Hall–Kier alpha value is -0.850. The summed E-state index contributed by atoms with van der Waals surface area (Å²) in [6.07, 6.45) is 15.9. The Balaban J connectivity index is 0.00000225. The van der Waals surface area contributed by atoms with E-state index in [1.54, 1.807) is 0 Å². The van der Waals surface area contributed by atoms with Gasteiger partial charge in [-0.15, -0.1) is 0 Å². The molecule has 3 saturated carbocycles. The minimum Gasteiger partial charge on any atom is -0.207 e. The van der Waals surface area contributed by atoms with Crippen molar-refractivity contribution in [3.63, 3.8) is 0 Å². The van der Waals surface area contributed by atoms with Crippen LogP contribution in [0.2, 0.25) is 0 Å². The lowest BCUT2D eigenvalue weighted by molar-refractivity contribution is 0.164. The summed E-state index contributed by atoms with van der Waals surface area (Å²) < 4.78 is 15.0. The summed E-state index contributed by atoms with van der Waals surface area (Å²) in [5.41, 5.74) is 2.27. The molecule has 0 amide bonds. The second-order valence-electron chi connectivity index (χ2n) is 10.4. The molecule has 3 aliphatic carbocycles. The highest BCUT2D eigenvalue weighted by molar-refractivity contribution is 5.30. The van der Waals surface area contributed by atoms with Gasteiger partial charge >= 0.3 is 0 Å². The van der Waals surface area contributed by atoms with E-state index in [4.69, 9.17) is 0 Å². The maximum Gasteiger partial charge on any atom is 0.126 e. The summed E-state index contributed by atoms with van der Waals surface area (Å²) in [7, 11) is 0. The zero-order valence-electron chi connectivity index (χ0n) is 17.6. The van der Waals surface area contributed by atoms with Crippen LogP contribution in [0.5, 0.6) is 0 Å². The largest absolute Gasteiger partial charge is 0.207 e.